The molecule has 0 aromatic carbocycles. The van der Waals surface area contributed by atoms with E-state index in [0.717, 1.165) is 5.56 Å². The van der Waals surface area contributed by atoms with Crippen molar-refractivity contribution in [1.82, 2.24) is 14.9 Å². The minimum Gasteiger partial charge on any atom is -0.451 e. The molecule has 0 aliphatic heterocycles. The molecule has 0 saturated carbocycles. The Morgan fingerprint density at radius 3 is 2.38 bits per heavy atom. The SMILES string of the molecule is CC(C)N(C(=O)COC(=O)c1cnc(-c2ccncc2)s1)C(C)C. The lowest BCUT2D eigenvalue weighted by Crippen LogP contribution is -2.44. The van der Waals surface area contributed by atoms with E-state index < -0.39 is 5.97 Å². The zero-order valence-corrected chi connectivity index (χ0v) is 15.0. The first-order valence-electron chi connectivity index (χ1n) is 7.74. The molecule has 2 heterocycles. The number of ether oxygens (including phenoxy) is 1. The van der Waals surface area contributed by atoms with Crippen molar-refractivity contribution in [3.63, 3.8) is 0 Å². The highest BCUT2D eigenvalue weighted by Gasteiger charge is 2.22. The number of carbonyl (C=O) groups is 2. The van der Waals surface area contributed by atoms with E-state index in [9.17, 15) is 9.59 Å². The minimum absolute atomic E-state index is 0.0536. The predicted octanol–water partition coefficient (Wildman–Crippen LogP) is 3.01. The molecule has 2 aromatic heterocycles. The molecule has 0 unspecified atom stereocenters. The fourth-order valence-corrected chi connectivity index (χ4v) is 3.26. The van der Waals surface area contributed by atoms with Gasteiger partial charge >= 0.3 is 5.97 Å². The van der Waals surface area contributed by atoms with E-state index in [0.29, 0.717) is 9.88 Å². The normalized spacial score (nSPS) is 10.9. The zero-order chi connectivity index (χ0) is 17.7. The van der Waals surface area contributed by atoms with Crippen molar-refractivity contribution >= 4 is 23.2 Å². The van der Waals surface area contributed by atoms with Gasteiger partial charge in [0.05, 0.1) is 6.20 Å². The highest BCUT2D eigenvalue weighted by atomic mass is 32.1. The molecule has 0 atom stereocenters. The summed E-state index contributed by atoms with van der Waals surface area (Å²) >= 11 is 1.23. The van der Waals surface area contributed by atoms with Crippen LogP contribution >= 0.6 is 11.3 Å². The quantitative estimate of drug-likeness (QED) is 0.751. The number of hydrogen-bond donors (Lipinski definition) is 0. The van der Waals surface area contributed by atoms with Gasteiger partial charge in [-0.1, -0.05) is 0 Å². The second-order valence-electron chi connectivity index (χ2n) is 5.83. The molecular weight excluding hydrogens is 326 g/mol. The van der Waals surface area contributed by atoms with Crippen molar-refractivity contribution in [2.24, 2.45) is 0 Å². The van der Waals surface area contributed by atoms with Crippen LogP contribution in [0, 0.1) is 0 Å². The number of rotatable bonds is 6. The van der Waals surface area contributed by atoms with Gasteiger partial charge in [0.1, 0.15) is 9.88 Å². The molecule has 0 saturated heterocycles. The summed E-state index contributed by atoms with van der Waals surface area (Å²) in [6.07, 6.45) is 4.80. The van der Waals surface area contributed by atoms with Crippen LogP contribution in [-0.2, 0) is 9.53 Å². The van der Waals surface area contributed by atoms with Crippen LogP contribution in [-0.4, -0.2) is 45.4 Å². The number of pyridine rings is 1. The monoisotopic (exact) mass is 347 g/mol. The van der Waals surface area contributed by atoms with Crippen LogP contribution in [0.5, 0.6) is 0 Å². The van der Waals surface area contributed by atoms with Gasteiger partial charge in [0.25, 0.3) is 5.91 Å². The molecule has 0 radical (unpaired) electrons. The molecule has 0 aliphatic carbocycles. The van der Waals surface area contributed by atoms with Crippen LogP contribution in [0.15, 0.2) is 30.7 Å². The molecule has 6 nitrogen and oxygen atoms in total. The van der Waals surface area contributed by atoms with Gasteiger partial charge in [-0.2, -0.15) is 0 Å². The van der Waals surface area contributed by atoms with Gasteiger partial charge in [0.15, 0.2) is 6.61 Å². The second kappa shape index (κ2) is 8.01. The third kappa shape index (κ3) is 4.38. The van der Waals surface area contributed by atoms with Gasteiger partial charge in [-0.3, -0.25) is 9.78 Å². The molecule has 1 amide bonds. The minimum atomic E-state index is -0.534. The first-order chi connectivity index (χ1) is 11.4. The Morgan fingerprint density at radius 2 is 1.79 bits per heavy atom. The Labute approximate surface area is 145 Å². The highest BCUT2D eigenvalue weighted by Crippen LogP contribution is 2.24. The summed E-state index contributed by atoms with van der Waals surface area (Å²) in [6, 6.07) is 3.75. The largest absolute Gasteiger partial charge is 0.451 e. The second-order valence-corrected chi connectivity index (χ2v) is 6.86. The number of aromatic nitrogens is 2. The van der Waals surface area contributed by atoms with E-state index in [1.165, 1.54) is 17.5 Å². The molecule has 0 aliphatic rings. The number of hydrogen-bond acceptors (Lipinski definition) is 6. The Morgan fingerprint density at radius 1 is 1.17 bits per heavy atom. The first-order valence-corrected chi connectivity index (χ1v) is 8.56. The van der Waals surface area contributed by atoms with Gasteiger partial charge in [-0.05, 0) is 39.8 Å². The maximum Gasteiger partial charge on any atom is 0.350 e. The lowest BCUT2D eigenvalue weighted by atomic mass is 10.2. The van der Waals surface area contributed by atoms with E-state index >= 15 is 0 Å². The Balaban J connectivity index is 1.98. The fraction of sp³-hybridized carbons (Fsp3) is 0.412. The van der Waals surface area contributed by atoms with Crippen molar-refractivity contribution in [3.8, 4) is 10.6 Å². The van der Waals surface area contributed by atoms with Crippen molar-refractivity contribution in [1.29, 1.82) is 0 Å². The molecule has 2 aromatic rings. The standard InChI is InChI=1S/C17H21N3O3S/c1-11(2)20(12(3)4)15(21)10-23-17(22)14-9-19-16(24-14)13-5-7-18-8-6-13/h5-9,11-12H,10H2,1-4H3. The molecule has 2 rings (SSSR count). The van der Waals surface area contributed by atoms with Gasteiger partial charge in [-0.15, -0.1) is 11.3 Å². The topological polar surface area (TPSA) is 72.4 Å². The lowest BCUT2D eigenvalue weighted by Gasteiger charge is -2.30. The van der Waals surface area contributed by atoms with E-state index in [2.05, 4.69) is 9.97 Å². The van der Waals surface area contributed by atoms with E-state index in [-0.39, 0.29) is 24.6 Å². The first kappa shape index (κ1) is 18.1. The summed E-state index contributed by atoms with van der Waals surface area (Å²) in [4.78, 5) is 34.6. The van der Waals surface area contributed by atoms with Crippen LogP contribution < -0.4 is 0 Å². The molecule has 0 spiro atoms. The summed E-state index contributed by atoms with van der Waals surface area (Å²) < 4.78 is 5.15. The maximum atomic E-state index is 12.2. The lowest BCUT2D eigenvalue weighted by molar-refractivity contribution is -0.138. The van der Waals surface area contributed by atoms with E-state index in [1.807, 2.05) is 39.8 Å². The van der Waals surface area contributed by atoms with Gasteiger partial charge < -0.3 is 9.64 Å². The smallest absolute Gasteiger partial charge is 0.350 e. The average Bonchev–Trinajstić information content (AvgIpc) is 3.03. The fourth-order valence-electron chi connectivity index (χ4n) is 2.44. The number of nitrogens with zero attached hydrogens (tertiary/aromatic N) is 3. The molecule has 0 bridgehead atoms. The van der Waals surface area contributed by atoms with Crippen LogP contribution in [0.4, 0.5) is 0 Å². The third-order valence-electron chi connectivity index (χ3n) is 3.36. The van der Waals surface area contributed by atoms with Gasteiger partial charge in [-0.25, -0.2) is 9.78 Å². The van der Waals surface area contributed by atoms with E-state index in [4.69, 9.17) is 4.74 Å². The van der Waals surface area contributed by atoms with Crippen LogP contribution in [0.1, 0.15) is 37.4 Å². The van der Waals surface area contributed by atoms with Crippen molar-refractivity contribution in [2.75, 3.05) is 6.61 Å². The molecular formula is C17H21N3O3S. The van der Waals surface area contributed by atoms with Gasteiger partial charge in [0, 0.05) is 30.0 Å². The summed E-state index contributed by atoms with van der Waals surface area (Å²) in [6.45, 7) is 7.47. The van der Waals surface area contributed by atoms with Crippen LogP contribution in [0.25, 0.3) is 10.6 Å². The molecule has 0 N–H and O–H groups in total. The predicted molar refractivity (Wildman–Crippen MR) is 92.7 cm³/mol. The molecule has 0 fully saturated rings. The highest BCUT2D eigenvalue weighted by molar-refractivity contribution is 7.16. The third-order valence-corrected chi connectivity index (χ3v) is 4.39. The molecule has 128 valence electrons. The van der Waals surface area contributed by atoms with Crippen LogP contribution in [0.2, 0.25) is 0 Å². The summed E-state index contributed by atoms with van der Waals surface area (Å²) in [7, 11) is 0. The van der Waals surface area contributed by atoms with Crippen molar-refractivity contribution < 1.29 is 14.3 Å². The Hall–Kier alpha value is -2.28. The Bertz CT molecular complexity index is 690. The summed E-state index contributed by atoms with van der Waals surface area (Å²) in [5, 5.41) is 0.710. The van der Waals surface area contributed by atoms with Gasteiger partial charge in [0.2, 0.25) is 0 Å². The Kier molecular flexibility index (Phi) is 6.03. The number of carbonyl (C=O) groups excluding carboxylic acids is 2. The molecule has 7 heteroatoms. The maximum absolute atomic E-state index is 12.2. The summed E-state index contributed by atoms with van der Waals surface area (Å²) in [5.74, 6) is -0.735. The molecule has 24 heavy (non-hydrogen) atoms. The summed E-state index contributed by atoms with van der Waals surface area (Å²) in [5.41, 5.74) is 0.885. The number of amides is 1. The van der Waals surface area contributed by atoms with Crippen LogP contribution in [0.3, 0.4) is 0 Å². The van der Waals surface area contributed by atoms with Crippen molar-refractivity contribution in [2.45, 2.75) is 39.8 Å². The van der Waals surface area contributed by atoms with Crippen molar-refractivity contribution in [3.05, 3.63) is 35.6 Å². The van der Waals surface area contributed by atoms with E-state index in [1.54, 1.807) is 17.3 Å². The zero-order valence-electron chi connectivity index (χ0n) is 14.2. The number of thiazole rings is 1. The number of esters is 1. The average molecular weight is 347 g/mol.